The first kappa shape index (κ1) is 10.2. The molecule has 1 heteroatoms. The van der Waals surface area contributed by atoms with Crippen LogP contribution in [0.1, 0.15) is 51.4 Å². The minimum absolute atomic E-state index is 0.0784. The summed E-state index contributed by atoms with van der Waals surface area (Å²) < 4.78 is 0. The molecule has 0 aromatic rings. The second kappa shape index (κ2) is 4.48. The maximum Gasteiger partial charge on any atom is 0.0633 e. The summed E-state index contributed by atoms with van der Waals surface area (Å²) in [6.07, 6.45) is 9.98. The summed E-state index contributed by atoms with van der Waals surface area (Å²) in [5, 5.41) is 10.3. The van der Waals surface area contributed by atoms with Crippen molar-refractivity contribution in [3.05, 3.63) is 12.2 Å². The van der Waals surface area contributed by atoms with Gasteiger partial charge in [0, 0.05) is 5.92 Å². The van der Waals surface area contributed by atoms with Crippen molar-refractivity contribution < 1.29 is 5.11 Å². The van der Waals surface area contributed by atoms with Crippen LogP contribution in [0, 0.1) is 11.8 Å². The third-order valence-corrected chi connectivity index (χ3v) is 4.08. The minimum atomic E-state index is -0.0784. The Balaban J connectivity index is 1.92. The summed E-state index contributed by atoms with van der Waals surface area (Å²) in [7, 11) is 0. The Hall–Kier alpha value is -0.300. The van der Waals surface area contributed by atoms with E-state index >= 15 is 0 Å². The van der Waals surface area contributed by atoms with Crippen LogP contribution in [0.4, 0.5) is 0 Å². The molecule has 2 saturated carbocycles. The molecule has 0 heterocycles. The van der Waals surface area contributed by atoms with Crippen LogP contribution >= 0.6 is 0 Å². The Morgan fingerprint density at radius 3 is 2.36 bits per heavy atom. The van der Waals surface area contributed by atoms with Crippen molar-refractivity contribution in [1.82, 2.24) is 0 Å². The lowest BCUT2D eigenvalue weighted by Gasteiger charge is -2.30. The molecule has 2 atom stereocenters. The van der Waals surface area contributed by atoms with Crippen molar-refractivity contribution in [1.29, 1.82) is 0 Å². The molecule has 0 aromatic heterocycles. The molecule has 0 aromatic carbocycles. The topological polar surface area (TPSA) is 20.2 Å². The summed E-state index contributed by atoms with van der Waals surface area (Å²) in [5.41, 5.74) is 1.31. The third kappa shape index (κ3) is 2.03. The van der Waals surface area contributed by atoms with Gasteiger partial charge in [0.15, 0.2) is 0 Å². The fraction of sp³-hybridized carbons (Fsp3) is 0.846. The van der Waals surface area contributed by atoms with Crippen LogP contribution in [0.3, 0.4) is 0 Å². The van der Waals surface area contributed by atoms with Crippen LogP contribution in [0.2, 0.25) is 0 Å². The first-order chi connectivity index (χ1) is 6.79. The summed E-state index contributed by atoms with van der Waals surface area (Å²) in [6.45, 7) is 4.09. The zero-order valence-corrected chi connectivity index (χ0v) is 9.04. The van der Waals surface area contributed by atoms with Gasteiger partial charge < -0.3 is 5.11 Å². The number of hydrogen-bond donors (Lipinski definition) is 1. The molecule has 2 aliphatic rings. The van der Waals surface area contributed by atoms with Crippen molar-refractivity contribution in [3.63, 3.8) is 0 Å². The highest BCUT2D eigenvalue weighted by Crippen LogP contribution is 2.38. The maximum absolute atomic E-state index is 10.3. The monoisotopic (exact) mass is 194 g/mol. The molecule has 0 saturated heterocycles. The van der Waals surface area contributed by atoms with Gasteiger partial charge in [-0.25, -0.2) is 0 Å². The van der Waals surface area contributed by atoms with Crippen molar-refractivity contribution in [2.24, 2.45) is 11.8 Å². The molecule has 2 rings (SSSR count). The average molecular weight is 194 g/mol. The summed E-state index contributed by atoms with van der Waals surface area (Å²) in [5.74, 6) is 1.00. The lowest BCUT2D eigenvalue weighted by Crippen LogP contribution is -2.29. The Morgan fingerprint density at radius 1 is 1.07 bits per heavy atom. The van der Waals surface area contributed by atoms with Gasteiger partial charge in [-0.05, 0) is 38.0 Å². The number of rotatable bonds is 2. The average Bonchev–Trinajstić information content (AvgIpc) is 2.65. The van der Waals surface area contributed by atoms with E-state index in [4.69, 9.17) is 0 Å². The Labute approximate surface area is 87.2 Å². The molecule has 14 heavy (non-hydrogen) atoms. The zero-order valence-electron chi connectivity index (χ0n) is 9.04. The van der Waals surface area contributed by atoms with Crippen LogP contribution in [0.15, 0.2) is 12.2 Å². The van der Waals surface area contributed by atoms with Gasteiger partial charge in [0.25, 0.3) is 0 Å². The fourth-order valence-electron chi connectivity index (χ4n) is 3.16. The SMILES string of the molecule is C=C1CCCC1C(O)C1CCCCC1. The van der Waals surface area contributed by atoms with E-state index in [1.165, 1.54) is 50.5 Å². The lowest BCUT2D eigenvalue weighted by atomic mass is 9.79. The number of aliphatic hydroxyl groups excluding tert-OH is 1. The Morgan fingerprint density at radius 2 is 1.79 bits per heavy atom. The van der Waals surface area contributed by atoms with E-state index in [1.807, 2.05) is 0 Å². The summed E-state index contributed by atoms with van der Waals surface area (Å²) in [6, 6.07) is 0. The van der Waals surface area contributed by atoms with Gasteiger partial charge in [-0.2, -0.15) is 0 Å². The van der Waals surface area contributed by atoms with Gasteiger partial charge in [0.1, 0.15) is 0 Å². The van der Waals surface area contributed by atoms with E-state index in [9.17, 15) is 5.11 Å². The smallest absolute Gasteiger partial charge is 0.0633 e. The van der Waals surface area contributed by atoms with E-state index < -0.39 is 0 Å². The standard InChI is InChI=1S/C13H22O/c1-10-6-5-9-12(10)13(14)11-7-3-2-4-8-11/h11-14H,1-9H2. The highest BCUT2D eigenvalue weighted by atomic mass is 16.3. The molecule has 0 radical (unpaired) electrons. The summed E-state index contributed by atoms with van der Waals surface area (Å²) in [4.78, 5) is 0. The minimum Gasteiger partial charge on any atom is -0.392 e. The lowest BCUT2D eigenvalue weighted by molar-refractivity contribution is 0.0481. The molecule has 0 aliphatic heterocycles. The molecule has 2 unspecified atom stereocenters. The highest BCUT2D eigenvalue weighted by Gasteiger charge is 2.32. The van der Waals surface area contributed by atoms with Gasteiger partial charge in [-0.3, -0.25) is 0 Å². The van der Waals surface area contributed by atoms with E-state index in [2.05, 4.69) is 6.58 Å². The molecule has 2 aliphatic carbocycles. The predicted molar refractivity (Wildman–Crippen MR) is 59.1 cm³/mol. The first-order valence-corrected chi connectivity index (χ1v) is 6.15. The van der Waals surface area contributed by atoms with E-state index in [0.717, 1.165) is 6.42 Å². The van der Waals surface area contributed by atoms with Crippen LogP contribution in [0.5, 0.6) is 0 Å². The quantitative estimate of drug-likeness (QED) is 0.669. The maximum atomic E-state index is 10.3. The van der Waals surface area contributed by atoms with Gasteiger partial charge in [-0.1, -0.05) is 31.4 Å². The molecule has 1 nitrogen and oxygen atoms in total. The molecule has 0 spiro atoms. The first-order valence-electron chi connectivity index (χ1n) is 6.15. The molecule has 1 N–H and O–H groups in total. The second-order valence-corrected chi connectivity index (χ2v) is 5.05. The molecule has 80 valence electrons. The van der Waals surface area contributed by atoms with Crippen molar-refractivity contribution >= 4 is 0 Å². The van der Waals surface area contributed by atoms with Gasteiger partial charge in [-0.15, -0.1) is 0 Å². The molecular formula is C13H22O. The van der Waals surface area contributed by atoms with Gasteiger partial charge >= 0.3 is 0 Å². The second-order valence-electron chi connectivity index (χ2n) is 5.05. The Kier molecular flexibility index (Phi) is 3.27. The van der Waals surface area contributed by atoms with Crippen molar-refractivity contribution in [3.8, 4) is 0 Å². The predicted octanol–water partition coefficient (Wildman–Crippen LogP) is 3.28. The van der Waals surface area contributed by atoms with Crippen molar-refractivity contribution in [2.45, 2.75) is 57.5 Å². The van der Waals surface area contributed by atoms with Crippen molar-refractivity contribution in [2.75, 3.05) is 0 Å². The van der Waals surface area contributed by atoms with E-state index in [1.54, 1.807) is 0 Å². The van der Waals surface area contributed by atoms with Gasteiger partial charge in [0.2, 0.25) is 0 Å². The fourth-order valence-corrected chi connectivity index (χ4v) is 3.16. The van der Waals surface area contributed by atoms with E-state index in [-0.39, 0.29) is 6.10 Å². The third-order valence-electron chi connectivity index (χ3n) is 4.08. The molecule has 2 fully saturated rings. The Bertz CT molecular complexity index is 203. The molecule has 0 bridgehead atoms. The molecular weight excluding hydrogens is 172 g/mol. The largest absolute Gasteiger partial charge is 0.392 e. The van der Waals surface area contributed by atoms with Crippen LogP contribution in [-0.2, 0) is 0 Å². The normalized spacial score (nSPS) is 32.1. The highest BCUT2D eigenvalue weighted by molar-refractivity contribution is 5.09. The molecule has 0 amide bonds. The zero-order chi connectivity index (χ0) is 9.97. The van der Waals surface area contributed by atoms with Crippen LogP contribution in [-0.4, -0.2) is 11.2 Å². The van der Waals surface area contributed by atoms with Gasteiger partial charge in [0.05, 0.1) is 6.10 Å². The number of aliphatic hydroxyl groups is 1. The van der Waals surface area contributed by atoms with Crippen LogP contribution in [0.25, 0.3) is 0 Å². The van der Waals surface area contributed by atoms with Crippen LogP contribution < -0.4 is 0 Å². The van der Waals surface area contributed by atoms with E-state index in [0.29, 0.717) is 11.8 Å². The number of hydrogen-bond acceptors (Lipinski definition) is 1. The summed E-state index contributed by atoms with van der Waals surface area (Å²) >= 11 is 0.